The molecule has 1 aliphatic carbocycles. The van der Waals surface area contributed by atoms with Crippen molar-refractivity contribution in [2.45, 2.75) is 31.3 Å². The Labute approximate surface area is 135 Å². The van der Waals surface area contributed by atoms with E-state index in [1.54, 1.807) is 6.07 Å². The van der Waals surface area contributed by atoms with Gasteiger partial charge in [0, 0.05) is 12.0 Å². The Balaban J connectivity index is 1.81. The molecular formula is C18H19ClFNO. The van der Waals surface area contributed by atoms with E-state index >= 15 is 0 Å². The number of benzene rings is 2. The molecule has 0 saturated heterocycles. The highest BCUT2D eigenvalue weighted by Gasteiger charge is 2.38. The number of halogens is 2. The Morgan fingerprint density at radius 1 is 1.18 bits per heavy atom. The lowest BCUT2D eigenvalue weighted by molar-refractivity contribution is 0.250. The zero-order valence-electron chi connectivity index (χ0n) is 12.3. The monoisotopic (exact) mass is 319 g/mol. The van der Waals surface area contributed by atoms with Gasteiger partial charge in [-0.05, 0) is 36.1 Å². The molecule has 0 spiro atoms. The highest BCUT2D eigenvalue weighted by Crippen LogP contribution is 2.45. The Hall–Kier alpha value is -1.58. The minimum absolute atomic E-state index is 0.109. The average molecular weight is 320 g/mol. The van der Waals surface area contributed by atoms with E-state index in [1.165, 1.54) is 6.07 Å². The third-order valence-corrected chi connectivity index (χ3v) is 4.82. The van der Waals surface area contributed by atoms with E-state index in [4.69, 9.17) is 22.1 Å². The van der Waals surface area contributed by atoms with Crippen LogP contribution in [-0.2, 0) is 12.0 Å². The second-order valence-electron chi connectivity index (χ2n) is 5.88. The number of hydrogen-bond acceptors (Lipinski definition) is 2. The molecule has 2 nitrogen and oxygen atoms in total. The number of hydrogen-bond donors (Lipinski definition) is 1. The van der Waals surface area contributed by atoms with Gasteiger partial charge in [0.15, 0.2) is 11.6 Å². The van der Waals surface area contributed by atoms with Crippen molar-refractivity contribution < 1.29 is 9.13 Å². The van der Waals surface area contributed by atoms with Gasteiger partial charge in [-0.2, -0.15) is 0 Å². The van der Waals surface area contributed by atoms with E-state index in [0.29, 0.717) is 18.2 Å². The van der Waals surface area contributed by atoms with Crippen molar-refractivity contribution in [2.75, 3.05) is 6.54 Å². The minimum atomic E-state index is -0.418. The summed E-state index contributed by atoms with van der Waals surface area (Å²) >= 11 is 6.24. The molecule has 1 fully saturated rings. The smallest absolute Gasteiger partial charge is 0.174 e. The normalized spacial score (nSPS) is 16.1. The first-order valence-electron chi connectivity index (χ1n) is 7.51. The maximum absolute atomic E-state index is 14.4. The average Bonchev–Trinajstić information content (AvgIpc) is 2.47. The van der Waals surface area contributed by atoms with E-state index in [2.05, 4.69) is 0 Å². The van der Waals surface area contributed by atoms with Crippen LogP contribution in [0.2, 0.25) is 5.02 Å². The fourth-order valence-corrected chi connectivity index (χ4v) is 3.21. The van der Waals surface area contributed by atoms with Crippen LogP contribution in [0.15, 0.2) is 42.5 Å². The van der Waals surface area contributed by atoms with Crippen LogP contribution in [0.5, 0.6) is 5.75 Å². The van der Waals surface area contributed by atoms with Crippen LogP contribution < -0.4 is 10.5 Å². The van der Waals surface area contributed by atoms with Gasteiger partial charge in [0.05, 0.1) is 5.02 Å². The molecule has 2 aromatic rings. The third-order valence-electron chi connectivity index (χ3n) is 4.54. The van der Waals surface area contributed by atoms with Gasteiger partial charge >= 0.3 is 0 Å². The SMILES string of the molecule is NCC1(c2cc(F)c(OCc3ccccc3)c(Cl)c2)CCC1. The van der Waals surface area contributed by atoms with Gasteiger partial charge in [0.2, 0.25) is 0 Å². The first-order chi connectivity index (χ1) is 10.6. The van der Waals surface area contributed by atoms with Crippen LogP contribution in [0.3, 0.4) is 0 Å². The van der Waals surface area contributed by atoms with Crippen molar-refractivity contribution in [1.29, 1.82) is 0 Å². The molecule has 2 N–H and O–H groups in total. The summed E-state index contributed by atoms with van der Waals surface area (Å²) in [6.45, 7) is 0.811. The summed E-state index contributed by atoms with van der Waals surface area (Å²) in [4.78, 5) is 0. The molecule has 0 unspecified atom stereocenters. The van der Waals surface area contributed by atoms with E-state index in [9.17, 15) is 4.39 Å². The van der Waals surface area contributed by atoms with Crippen molar-refractivity contribution in [3.8, 4) is 5.75 Å². The van der Waals surface area contributed by atoms with E-state index in [-0.39, 0.29) is 11.2 Å². The van der Waals surface area contributed by atoms with E-state index in [0.717, 1.165) is 30.4 Å². The highest BCUT2D eigenvalue weighted by molar-refractivity contribution is 6.32. The molecule has 0 bridgehead atoms. The van der Waals surface area contributed by atoms with Gasteiger partial charge in [0.1, 0.15) is 6.61 Å². The molecule has 0 aromatic heterocycles. The Bertz CT molecular complexity index is 627. The van der Waals surface area contributed by atoms with Crippen LogP contribution in [0, 0.1) is 5.82 Å². The van der Waals surface area contributed by atoms with Crippen molar-refractivity contribution in [2.24, 2.45) is 5.73 Å². The molecule has 1 saturated carbocycles. The summed E-state index contributed by atoms with van der Waals surface area (Å²) in [5.41, 5.74) is 7.62. The molecule has 0 heterocycles. The molecule has 22 heavy (non-hydrogen) atoms. The number of nitrogens with two attached hydrogens (primary N) is 1. The maximum Gasteiger partial charge on any atom is 0.174 e. The molecule has 1 aliphatic rings. The molecule has 0 atom stereocenters. The Kier molecular flexibility index (Phi) is 4.37. The van der Waals surface area contributed by atoms with Crippen LogP contribution in [0.25, 0.3) is 0 Å². The fraction of sp³-hybridized carbons (Fsp3) is 0.333. The summed E-state index contributed by atoms with van der Waals surface area (Å²) in [6, 6.07) is 12.9. The van der Waals surface area contributed by atoms with Crippen LogP contribution in [0.1, 0.15) is 30.4 Å². The van der Waals surface area contributed by atoms with Crippen molar-refractivity contribution in [1.82, 2.24) is 0 Å². The summed E-state index contributed by atoms with van der Waals surface area (Å²) in [5.74, 6) is -0.307. The Morgan fingerprint density at radius 3 is 2.45 bits per heavy atom. The topological polar surface area (TPSA) is 35.2 Å². The Morgan fingerprint density at radius 2 is 1.91 bits per heavy atom. The zero-order valence-corrected chi connectivity index (χ0v) is 13.1. The van der Waals surface area contributed by atoms with Crippen molar-refractivity contribution in [3.63, 3.8) is 0 Å². The van der Waals surface area contributed by atoms with Crippen molar-refractivity contribution >= 4 is 11.6 Å². The molecule has 2 aromatic carbocycles. The quantitative estimate of drug-likeness (QED) is 0.884. The van der Waals surface area contributed by atoms with Crippen LogP contribution in [0.4, 0.5) is 4.39 Å². The lowest BCUT2D eigenvalue weighted by Crippen LogP contribution is -2.41. The molecule has 0 radical (unpaired) electrons. The standard InChI is InChI=1S/C18H19ClFNO/c19-15-9-14(18(12-21)7-4-8-18)10-16(20)17(15)22-11-13-5-2-1-3-6-13/h1-3,5-6,9-10H,4,7-8,11-12,21H2. The lowest BCUT2D eigenvalue weighted by Gasteiger charge is -2.41. The molecular weight excluding hydrogens is 301 g/mol. The van der Waals surface area contributed by atoms with Crippen LogP contribution >= 0.6 is 11.6 Å². The molecule has 0 aliphatic heterocycles. The minimum Gasteiger partial charge on any atom is -0.484 e. The molecule has 116 valence electrons. The summed E-state index contributed by atoms with van der Waals surface area (Å²) in [5, 5.41) is 0.311. The van der Waals surface area contributed by atoms with Crippen LogP contribution in [-0.4, -0.2) is 6.54 Å². The second-order valence-corrected chi connectivity index (χ2v) is 6.29. The summed E-state index contributed by atoms with van der Waals surface area (Å²) in [6.07, 6.45) is 3.11. The van der Waals surface area contributed by atoms with E-state index < -0.39 is 5.82 Å². The summed E-state index contributed by atoms with van der Waals surface area (Å²) < 4.78 is 20.0. The highest BCUT2D eigenvalue weighted by atomic mass is 35.5. The van der Waals surface area contributed by atoms with Gasteiger partial charge in [-0.15, -0.1) is 0 Å². The van der Waals surface area contributed by atoms with Gasteiger partial charge < -0.3 is 10.5 Å². The number of rotatable bonds is 5. The fourth-order valence-electron chi connectivity index (χ4n) is 2.95. The van der Waals surface area contributed by atoms with Crippen molar-refractivity contribution in [3.05, 3.63) is 64.4 Å². The predicted molar refractivity (Wildman–Crippen MR) is 86.8 cm³/mol. The van der Waals surface area contributed by atoms with Gasteiger partial charge in [-0.1, -0.05) is 48.4 Å². The van der Waals surface area contributed by atoms with Gasteiger partial charge in [0.25, 0.3) is 0 Å². The molecule has 3 rings (SSSR count). The first-order valence-corrected chi connectivity index (χ1v) is 7.89. The molecule has 0 amide bonds. The third kappa shape index (κ3) is 2.83. The second kappa shape index (κ2) is 6.27. The van der Waals surface area contributed by atoms with Gasteiger partial charge in [-0.25, -0.2) is 4.39 Å². The summed E-state index contributed by atoms with van der Waals surface area (Å²) in [7, 11) is 0. The predicted octanol–water partition coefficient (Wildman–Crippen LogP) is 4.44. The zero-order chi connectivity index (χ0) is 15.6. The maximum atomic E-state index is 14.4. The molecule has 4 heteroatoms. The number of ether oxygens (including phenoxy) is 1. The first kappa shape index (κ1) is 15.3. The largest absolute Gasteiger partial charge is 0.484 e. The lowest BCUT2D eigenvalue weighted by atomic mass is 9.64. The van der Waals surface area contributed by atoms with Gasteiger partial charge in [-0.3, -0.25) is 0 Å². The van der Waals surface area contributed by atoms with E-state index in [1.807, 2.05) is 30.3 Å².